The highest BCUT2D eigenvalue weighted by Gasteiger charge is 2.51. The fourth-order valence-corrected chi connectivity index (χ4v) is 8.32. The van der Waals surface area contributed by atoms with Crippen molar-refractivity contribution < 1.29 is 59.0 Å². The number of nitrogens with one attached hydrogen (secondary N) is 1. The lowest BCUT2D eigenvalue weighted by molar-refractivity contribution is -0.220. The Balaban J connectivity index is 2.21. The summed E-state index contributed by atoms with van der Waals surface area (Å²) in [6.07, 6.45) is 21.3. The largest absolute Gasteiger partial charge is 0.472 e. The summed E-state index contributed by atoms with van der Waals surface area (Å²) in [6.45, 7) is 3.57. The van der Waals surface area contributed by atoms with Crippen molar-refractivity contribution >= 4 is 13.7 Å². The van der Waals surface area contributed by atoms with Gasteiger partial charge in [-0.15, -0.1) is 0 Å². The number of unbranched alkanes of at least 4 members (excludes halogenated alkanes) is 22. The number of carbonyl (C=O) groups is 1. The second-order valence-corrected chi connectivity index (χ2v) is 17.8. The minimum atomic E-state index is -5.09. The van der Waals surface area contributed by atoms with Gasteiger partial charge in [-0.2, -0.15) is 0 Å². The van der Waals surface area contributed by atoms with E-state index < -0.39 is 75.2 Å². The summed E-state index contributed by atoms with van der Waals surface area (Å²) in [5.74, 6) is -0.572. The number of amides is 1. The van der Waals surface area contributed by atoms with Gasteiger partial charge < -0.3 is 46.0 Å². The molecule has 1 fully saturated rings. The second-order valence-electron chi connectivity index (χ2n) is 16.4. The fourth-order valence-electron chi connectivity index (χ4n) is 7.36. The molecule has 338 valence electrons. The minimum absolute atomic E-state index is 0.224. The molecule has 9 N–H and O–H groups in total. The maximum atomic E-state index is 12.8. The van der Waals surface area contributed by atoms with E-state index in [9.17, 15) is 50.0 Å². The van der Waals surface area contributed by atoms with Crippen molar-refractivity contribution in [3.8, 4) is 0 Å². The van der Waals surface area contributed by atoms with Crippen molar-refractivity contribution in [3.63, 3.8) is 0 Å². The lowest BCUT2D eigenvalue weighted by atomic mass is 9.85. The molecule has 0 aliphatic heterocycles. The lowest BCUT2D eigenvalue weighted by Crippen LogP contribution is -2.64. The molecule has 57 heavy (non-hydrogen) atoms. The standard InChI is InChI=1S/C43H84NO12P/c1-3-5-7-8-9-10-11-12-13-14-15-16-17-18-19-20-21-22-23-24-25-26-27-29-30-34(45)32-37(47)44-35(36(46)31-28-6-4-2)33-55-57(53,54)56-43-41(51)39(49)38(48)40(50)42(43)52/h18-19,34-36,38-43,45-46,48-52H,3-17,20-33H2,1-2H3,(H,44,47)(H,53,54)/b19-18-. The van der Waals surface area contributed by atoms with Gasteiger partial charge in [-0.25, -0.2) is 4.57 Å². The smallest absolute Gasteiger partial charge is 0.393 e. The van der Waals surface area contributed by atoms with E-state index in [4.69, 9.17) is 9.05 Å². The number of phosphoric acid groups is 1. The quantitative estimate of drug-likeness (QED) is 0.0175. The molecule has 0 saturated heterocycles. The number of hydrogen-bond donors (Lipinski definition) is 9. The number of aliphatic hydroxyl groups is 7. The van der Waals surface area contributed by atoms with Crippen molar-refractivity contribution in [2.45, 2.75) is 249 Å². The topological polar surface area (TPSA) is 226 Å². The first kappa shape index (κ1) is 54.1. The van der Waals surface area contributed by atoms with Crippen LogP contribution in [0.15, 0.2) is 12.2 Å². The number of allylic oxidation sites excluding steroid dienone is 2. The van der Waals surface area contributed by atoms with Gasteiger partial charge in [0, 0.05) is 0 Å². The van der Waals surface area contributed by atoms with Gasteiger partial charge in [-0.3, -0.25) is 13.8 Å². The molecular formula is C43H84NO12P. The van der Waals surface area contributed by atoms with Crippen LogP contribution in [0.3, 0.4) is 0 Å². The zero-order valence-corrected chi connectivity index (χ0v) is 36.4. The summed E-state index contributed by atoms with van der Waals surface area (Å²) >= 11 is 0. The zero-order valence-electron chi connectivity index (χ0n) is 35.5. The van der Waals surface area contributed by atoms with Crippen LogP contribution in [0.1, 0.15) is 194 Å². The number of hydrogen-bond acceptors (Lipinski definition) is 11. The third-order valence-electron chi connectivity index (χ3n) is 11.1. The van der Waals surface area contributed by atoms with Crippen LogP contribution in [0.4, 0.5) is 0 Å². The maximum absolute atomic E-state index is 12.8. The summed E-state index contributed by atoms with van der Waals surface area (Å²) in [5.41, 5.74) is 0. The van der Waals surface area contributed by atoms with Crippen molar-refractivity contribution in [1.82, 2.24) is 5.32 Å². The molecule has 13 nitrogen and oxygen atoms in total. The predicted molar refractivity (Wildman–Crippen MR) is 224 cm³/mol. The molecule has 1 amide bonds. The molecule has 0 spiro atoms. The maximum Gasteiger partial charge on any atom is 0.472 e. The molecule has 0 heterocycles. The van der Waals surface area contributed by atoms with Crippen molar-refractivity contribution in [2.75, 3.05) is 6.61 Å². The van der Waals surface area contributed by atoms with Gasteiger partial charge in [0.05, 0.1) is 31.3 Å². The first-order chi connectivity index (χ1) is 27.3. The predicted octanol–water partition coefficient (Wildman–Crippen LogP) is 7.03. The summed E-state index contributed by atoms with van der Waals surface area (Å²) < 4.78 is 22.6. The zero-order chi connectivity index (χ0) is 42.3. The number of aliphatic hydroxyl groups excluding tert-OH is 7. The van der Waals surface area contributed by atoms with Gasteiger partial charge in [0.15, 0.2) is 0 Å². The molecule has 14 heteroatoms. The molecule has 8 atom stereocenters. The minimum Gasteiger partial charge on any atom is -0.393 e. The van der Waals surface area contributed by atoms with E-state index >= 15 is 0 Å². The van der Waals surface area contributed by atoms with E-state index in [2.05, 4.69) is 24.4 Å². The Hall–Kier alpha value is -0.960. The monoisotopic (exact) mass is 838 g/mol. The van der Waals surface area contributed by atoms with E-state index in [0.29, 0.717) is 12.8 Å². The van der Waals surface area contributed by atoms with Gasteiger partial charge >= 0.3 is 7.82 Å². The lowest BCUT2D eigenvalue weighted by Gasteiger charge is -2.41. The van der Waals surface area contributed by atoms with Crippen LogP contribution in [0, 0.1) is 0 Å². The molecule has 1 rings (SSSR count). The molecule has 1 aliphatic rings. The van der Waals surface area contributed by atoms with Gasteiger partial charge in [0.25, 0.3) is 0 Å². The molecule has 0 aromatic carbocycles. The van der Waals surface area contributed by atoms with E-state index in [1.165, 1.54) is 109 Å². The molecule has 1 saturated carbocycles. The molecule has 8 unspecified atom stereocenters. The fraction of sp³-hybridized carbons (Fsp3) is 0.930. The number of phosphoric ester groups is 1. The van der Waals surface area contributed by atoms with E-state index in [0.717, 1.165) is 44.9 Å². The highest BCUT2D eigenvalue weighted by atomic mass is 31.2. The van der Waals surface area contributed by atoms with Crippen molar-refractivity contribution in [1.29, 1.82) is 0 Å². The highest BCUT2D eigenvalue weighted by Crippen LogP contribution is 2.47. The SMILES string of the molecule is CCCCCCCCCCCCCC/C=C\CCCCCCCCCCC(O)CC(=O)NC(COP(=O)(O)OC1C(O)C(O)C(O)C(O)C1O)C(O)CCCCC. The van der Waals surface area contributed by atoms with Gasteiger partial charge in [0.1, 0.15) is 36.6 Å². The van der Waals surface area contributed by atoms with E-state index in [1.54, 1.807) is 0 Å². The van der Waals surface area contributed by atoms with Crippen LogP contribution in [-0.2, 0) is 18.4 Å². The van der Waals surface area contributed by atoms with Crippen LogP contribution in [0.2, 0.25) is 0 Å². The van der Waals surface area contributed by atoms with Crippen LogP contribution < -0.4 is 5.32 Å². The third-order valence-corrected chi connectivity index (χ3v) is 12.1. The summed E-state index contributed by atoms with van der Waals surface area (Å²) in [4.78, 5) is 23.1. The molecule has 0 radical (unpaired) electrons. The Labute approximate surface area is 344 Å². The van der Waals surface area contributed by atoms with Gasteiger partial charge in [0.2, 0.25) is 5.91 Å². The second kappa shape index (κ2) is 33.7. The normalized spacial score (nSPS) is 24.0. The number of carbonyl (C=O) groups excluding carboxylic acids is 1. The van der Waals surface area contributed by atoms with Gasteiger partial charge in [-0.05, 0) is 38.5 Å². The van der Waals surface area contributed by atoms with Crippen LogP contribution in [0.25, 0.3) is 0 Å². The molecule has 0 aromatic heterocycles. The Bertz CT molecular complexity index is 1040. The Morgan fingerprint density at radius 3 is 1.46 bits per heavy atom. The van der Waals surface area contributed by atoms with E-state index in [-0.39, 0.29) is 12.8 Å². The van der Waals surface area contributed by atoms with Crippen molar-refractivity contribution in [3.05, 3.63) is 12.2 Å². The average Bonchev–Trinajstić information content (AvgIpc) is 3.18. The summed E-state index contributed by atoms with van der Waals surface area (Å²) in [7, 11) is -5.09. The Morgan fingerprint density at radius 2 is 0.982 bits per heavy atom. The molecule has 1 aliphatic carbocycles. The van der Waals surface area contributed by atoms with E-state index in [1.807, 2.05) is 6.92 Å². The first-order valence-corrected chi connectivity index (χ1v) is 24.2. The third kappa shape index (κ3) is 26.1. The molecular weight excluding hydrogens is 753 g/mol. The van der Waals surface area contributed by atoms with Crippen LogP contribution in [-0.4, -0.2) is 108 Å². The summed E-state index contributed by atoms with van der Waals surface area (Å²) in [6, 6.07) is -1.15. The Kier molecular flexibility index (Phi) is 32.0. The average molecular weight is 838 g/mol. The van der Waals surface area contributed by atoms with Crippen LogP contribution >= 0.6 is 7.82 Å². The van der Waals surface area contributed by atoms with Crippen LogP contribution in [0.5, 0.6) is 0 Å². The van der Waals surface area contributed by atoms with Gasteiger partial charge in [-0.1, -0.05) is 161 Å². The van der Waals surface area contributed by atoms with Crippen molar-refractivity contribution in [2.24, 2.45) is 0 Å². The highest BCUT2D eigenvalue weighted by molar-refractivity contribution is 7.47. The number of rotatable bonds is 37. The summed E-state index contributed by atoms with van der Waals surface area (Å²) in [5, 5.41) is 73.7. The first-order valence-electron chi connectivity index (χ1n) is 22.7. The molecule has 0 aromatic rings. The Morgan fingerprint density at radius 1 is 0.596 bits per heavy atom. The molecule has 0 bridgehead atoms.